The Kier molecular flexibility index (Phi) is 20.3. The fourth-order valence-electron chi connectivity index (χ4n) is 3.34. The van der Waals surface area contributed by atoms with E-state index in [9.17, 15) is 44.7 Å². The predicted octanol–water partition coefficient (Wildman–Crippen LogP) is 4.21. The van der Waals surface area contributed by atoms with Crippen LogP contribution in [0.5, 0.6) is 11.5 Å². The van der Waals surface area contributed by atoms with E-state index in [4.69, 9.17) is 33.2 Å². The summed E-state index contributed by atoms with van der Waals surface area (Å²) in [5.41, 5.74) is 0. The zero-order valence-corrected chi connectivity index (χ0v) is 26.0. The standard InChI is InChI=1S/C30H34F8O11/c31-19-17-20(32)26(36)29(25(19)35)48-23(39)1-3-41-5-7-43-9-11-45-13-15-47-16-14-46-12-10-44-8-6-42-4-2-24(40)49-30-27(37)21(33)18-22(34)28(30)38/h17-18H,1-16H2. The number of rotatable bonds is 26. The highest BCUT2D eigenvalue weighted by Gasteiger charge is 2.24. The van der Waals surface area contributed by atoms with Crippen LogP contribution in [0.1, 0.15) is 12.8 Å². The smallest absolute Gasteiger partial charge is 0.313 e. The van der Waals surface area contributed by atoms with Crippen LogP contribution in [0.25, 0.3) is 0 Å². The van der Waals surface area contributed by atoms with Gasteiger partial charge >= 0.3 is 11.9 Å². The third kappa shape index (κ3) is 16.2. The minimum Gasteiger partial charge on any atom is -0.420 e. The molecule has 0 radical (unpaired) electrons. The first-order chi connectivity index (χ1) is 23.5. The normalized spacial score (nSPS) is 11.3. The maximum absolute atomic E-state index is 13.5. The molecule has 0 fully saturated rings. The average Bonchev–Trinajstić information content (AvgIpc) is 3.07. The number of carbonyl (C=O) groups excluding carboxylic acids is 2. The molecular weight excluding hydrogens is 688 g/mol. The molecule has 0 bridgehead atoms. The van der Waals surface area contributed by atoms with Crippen molar-refractivity contribution in [2.24, 2.45) is 0 Å². The molecule has 0 heterocycles. The van der Waals surface area contributed by atoms with E-state index in [1.165, 1.54) is 0 Å². The maximum Gasteiger partial charge on any atom is 0.313 e. The number of hydrogen-bond donors (Lipinski definition) is 0. The van der Waals surface area contributed by atoms with Gasteiger partial charge in [0.25, 0.3) is 0 Å². The first kappa shape index (κ1) is 41.7. The van der Waals surface area contributed by atoms with Crippen molar-refractivity contribution < 1.29 is 87.3 Å². The van der Waals surface area contributed by atoms with Crippen molar-refractivity contribution in [2.75, 3.05) is 92.5 Å². The molecule has 0 atom stereocenters. The first-order valence-corrected chi connectivity index (χ1v) is 14.6. The molecule has 49 heavy (non-hydrogen) atoms. The molecular formula is C30H34F8O11. The molecule has 2 rings (SSSR count). The zero-order valence-electron chi connectivity index (χ0n) is 26.0. The number of halogens is 8. The van der Waals surface area contributed by atoms with Gasteiger partial charge in [0, 0.05) is 12.1 Å². The Hall–Kier alpha value is -3.46. The van der Waals surface area contributed by atoms with Crippen LogP contribution in [-0.2, 0) is 42.7 Å². The molecule has 0 N–H and O–H groups in total. The molecule has 11 nitrogen and oxygen atoms in total. The van der Waals surface area contributed by atoms with E-state index in [-0.39, 0.29) is 78.2 Å². The third-order valence-electron chi connectivity index (χ3n) is 5.71. The van der Waals surface area contributed by atoms with Gasteiger partial charge in [-0.1, -0.05) is 0 Å². The fourth-order valence-corrected chi connectivity index (χ4v) is 3.34. The highest BCUT2D eigenvalue weighted by atomic mass is 19.2. The molecule has 276 valence electrons. The molecule has 0 aliphatic rings. The van der Waals surface area contributed by atoms with Gasteiger partial charge in [0.1, 0.15) is 0 Å². The number of benzene rings is 2. The minimum absolute atomic E-state index is 0.00416. The molecule has 2 aromatic carbocycles. The van der Waals surface area contributed by atoms with E-state index in [0.717, 1.165) is 0 Å². The lowest BCUT2D eigenvalue weighted by Gasteiger charge is -2.09. The quantitative estimate of drug-likeness (QED) is 0.0458. The van der Waals surface area contributed by atoms with Gasteiger partial charge in [-0.3, -0.25) is 9.59 Å². The summed E-state index contributed by atoms with van der Waals surface area (Å²) in [4.78, 5) is 23.3. The van der Waals surface area contributed by atoms with Gasteiger partial charge in [-0.05, 0) is 0 Å². The Bertz CT molecular complexity index is 1170. The van der Waals surface area contributed by atoms with Crippen LogP contribution >= 0.6 is 0 Å². The van der Waals surface area contributed by atoms with Crippen molar-refractivity contribution >= 4 is 11.9 Å². The lowest BCUT2D eigenvalue weighted by Crippen LogP contribution is -2.16. The van der Waals surface area contributed by atoms with Crippen molar-refractivity contribution in [3.63, 3.8) is 0 Å². The molecule has 0 amide bonds. The van der Waals surface area contributed by atoms with Gasteiger partial charge in [-0.15, -0.1) is 0 Å². The van der Waals surface area contributed by atoms with Gasteiger partial charge in [0.05, 0.1) is 105 Å². The molecule has 0 saturated heterocycles. The van der Waals surface area contributed by atoms with Crippen LogP contribution in [0.2, 0.25) is 0 Å². The summed E-state index contributed by atoms with van der Waals surface area (Å²) in [7, 11) is 0. The molecule has 0 spiro atoms. The summed E-state index contributed by atoms with van der Waals surface area (Å²) < 4.78 is 152. The Morgan fingerprint density at radius 3 is 0.796 bits per heavy atom. The van der Waals surface area contributed by atoms with E-state index in [2.05, 4.69) is 9.47 Å². The largest absolute Gasteiger partial charge is 0.420 e. The molecule has 0 saturated carbocycles. The monoisotopic (exact) mass is 722 g/mol. The number of hydrogen-bond acceptors (Lipinski definition) is 11. The summed E-state index contributed by atoms with van der Waals surface area (Å²) in [6.07, 6.45) is -0.853. The maximum atomic E-state index is 13.5. The van der Waals surface area contributed by atoms with Crippen molar-refractivity contribution in [3.8, 4) is 11.5 Å². The van der Waals surface area contributed by atoms with Crippen molar-refractivity contribution in [1.82, 2.24) is 0 Å². The molecule has 19 heteroatoms. The summed E-state index contributed by atoms with van der Waals surface area (Å²) in [5, 5.41) is 0. The summed E-state index contributed by atoms with van der Waals surface area (Å²) >= 11 is 0. The minimum atomic E-state index is -1.82. The van der Waals surface area contributed by atoms with E-state index >= 15 is 0 Å². The van der Waals surface area contributed by atoms with Crippen LogP contribution in [-0.4, -0.2) is 104 Å². The van der Waals surface area contributed by atoms with Crippen LogP contribution in [0.15, 0.2) is 12.1 Å². The lowest BCUT2D eigenvalue weighted by molar-refractivity contribution is -0.137. The topological polar surface area (TPSA) is 117 Å². The van der Waals surface area contributed by atoms with Crippen LogP contribution in [0, 0.1) is 46.5 Å². The van der Waals surface area contributed by atoms with Crippen LogP contribution in [0.4, 0.5) is 35.1 Å². The van der Waals surface area contributed by atoms with E-state index in [0.29, 0.717) is 26.4 Å². The summed E-state index contributed by atoms with van der Waals surface area (Å²) in [6.45, 7) is 2.38. The molecule has 0 aliphatic carbocycles. The molecule has 0 aliphatic heterocycles. The zero-order chi connectivity index (χ0) is 36.0. The Morgan fingerprint density at radius 1 is 0.367 bits per heavy atom. The molecule has 2 aromatic rings. The second-order valence-corrected chi connectivity index (χ2v) is 9.33. The second-order valence-electron chi connectivity index (χ2n) is 9.33. The Morgan fingerprint density at radius 2 is 0.571 bits per heavy atom. The lowest BCUT2D eigenvalue weighted by atomic mass is 10.3. The number of ether oxygens (including phenoxy) is 9. The van der Waals surface area contributed by atoms with Crippen molar-refractivity contribution in [3.05, 3.63) is 58.7 Å². The van der Waals surface area contributed by atoms with E-state index in [1.54, 1.807) is 0 Å². The van der Waals surface area contributed by atoms with Gasteiger partial charge in [-0.2, -0.15) is 17.6 Å². The number of carbonyl (C=O) groups is 2. The Balaban J connectivity index is 1.30. The second kappa shape index (κ2) is 23.8. The fraction of sp³-hybridized carbons (Fsp3) is 0.533. The Labute approximate surface area is 275 Å². The SMILES string of the molecule is O=C(CCOCCOCCOCCOCCOCCOCCOCCC(=O)Oc1c(F)c(F)cc(F)c1F)Oc1c(F)c(F)cc(F)c1F. The first-order valence-electron chi connectivity index (χ1n) is 14.6. The summed E-state index contributed by atoms with van der Waals surface area (Å²) in [5.74, 6) is -19.3. The highest BCUT2D eigenvalue weighted by molar-refractivity contribution is 5.73. The number of esters is 2. The van der Waals surface area contributed by atoms with Gasteiger partial charge in [0.15, 0.2) is 23.3 Å². The van der Waals surface area contributed by atoms with Crippen molar-refractivity contribution in [1.29, 1.82) is 0 Å². The average molecular weight is 723 g/mol. The summed E-state index contributed by atoms with van der Waals surface area (Å²) in [6, 6.07) is -0.00833. The van der Waals surface area contributed by atoms with Crippen molar-refractivity contribution in [2.45, 2.75) is 12.8 Å². The van der Waals surface area contributed by atoms with Gasteiger partial charge in [-0.25, -0.2) is 17.6 Å². The highest BCUT2D eigenvalue weighted by Crippen LogP contribution is 2.27. The van der Waals surface area contributed by atoms with Crippen LogP contribution in [0.3, 0.4) is 0 Å². The van der Waals surface area contributed by atoms with Gasteiger partial charge < -0.3 is 42.6 Å². The van der Waals surface area contributed by atoms with E-state index < -0.39 is 82.8 Å². The molecule has 0 unspecified atom stereocenters. The van der Waals surface area contributed by atoms with E-state index in [1.807, 2.05) is 0 Å². The van der Waals surface area contributed by atoms with Gasteiger partial charge in [0.2, 0.25) is 34.8 Å². The third-order valence-corrected chi connectivity index (χ3v) is 5.71. The van der Waals surface area contributed by atoms with Crippen LogP contribution < -0.4 is 9.47 Å². The molecule has 0 aromatic heterocycles. The predicted molar refractivity (Wildman–Crippen MR) is 149 cm³/mol.